The van der Waals surface area contributed by atoms with Crippen molar-refractivity contribution in [3.8, 4) is 0 Å². The fourth-order valence-electron chi connectivity index (χ4n) is 1.17. The van der Waals surface area contributed by atoms with Crippen molar-refractivity contribution in [3.63, 3.8) is 0 Å². The predicted octanol–water partition coefficient (Wildman–Crippen LogP) is -0.182. The number of hydrogen-bond acceptors (Lipinski definition) is 2. The first-order chi connectivity index (χ1) is 4.79. The Hall–Kier alpha value is -0.570. The summed E-state index contributed by atoms with van der Waals surface area (Å²) < 4.78 is 0. The summed E-state index contributed by atoms with van der Waals surface area (Å²) in [6.07, 6.45) is 4.71. The molecule has 1 aliphatic rings. The molecule has 1 unspecified atom stereocenters. The predicted molar refractivity (Wildman–Crippen MR) is 39.1 cm³/mol. The smallest absolute Gasteiger partial charge is 0.217 e. The number of carbonyl (C=O) groups is 1. The molecule has 0 bridgehead atoms. The van der Waals surface area contributed by atoms with Crippen LogP contribution in [0, 0.1) is 6.42 Å². The molecule has 1 fully saturated rings. The van der Waals surface area contributed by atoms with E-state index in [2.05, 4.69) is 5.32 Å². The van der Waals surface area contributed by atoms with Gasteiger partial charge in [0.25, 0.3) is 0 Å². The van der Waals surface area contributed by atoms with Crippen LogP contribution in [-0.2, 0) is 4.79 Å². The number of amides is 1. The maximum atomic E-state index is 10.3. The highest BCUT2D eigenvalue weighted by Crippen LogP contribution is 2.08. The molecule has 0 aromatic carbocycles. The quantitative estimate of drug-likeness (QED) is 0.572. The zero-order valence-electron chi connectivity index (χ0n) is 5.97. The van der Waals surface area contributed by atoms with Crippen molar-refractivity contribution in [1.29, 1.82) is 0 Å². The third-order valence-corrected chi connectivity index (χ3v) is 1.70. The minimum absolute atomic E-state index is 0.242. The molecule has 1 aliphatic heterocycles. The molecule has 57 valence electrons. The van der Waals surface area contributed by atoms with E-state index in [-0.39, 0.29) is 5.91 Å². The Labute approximate surface area is 61.0 Å². The molecule has 0 spiro atoms. The van der Waals surface area contributed by atoms with E-state index >= 15 is 0 Å². The van der Waals surface area contributed by atoms with E-state index < -0.39 is 0 Å². The molecule has 3 nitrogen and oxygen atoms in total. The lowest BCUT2D eigenvalue weighted by atomic mass is 10.1. The minimum Gasteiger partial charge on any atom is -0.370 e. The first-order valence-electron chi connectivity index (χ1n) is 3.64. The average molecular weight is 141 g/mol. The van der Waals surface area contributed by atoms with Gasteiger partial charge in [0.1, 0.15) is 0 Å². The molecule has 0 aliphatic carbocycles. The van der Waals surface area contributed by atoms with E-state index in [1.54, 1.807) is 0 Å². The third-order valence-electron chi connectivity index (χ3n) is 1.70. The normalized spacial score (nSPS) is 25.0. The van der Waals surface area contributed by atoms with E-state index in [4.69, 9.17) is 5.73 Å². The van der Waals surface area contributed by atoms with Crippen LogP contribution in [0.15, 0.2) is 0 Å². The summed E-state index contributed by atoms with van der Waals surface area (Å²) in [5.41, 5.74) is 4.97. The summed E-state index contributed by atoms with van der Waals surface area (Å²) >= 11 is 0. The van der Waals surface area contributed by atoms with Crippen molar-refractivity contribution in [2.45, 2.75) is 25.3 Å². The number of carbonyl (C=O) groups excluding carboxylic acids is 1. The van der Waals surface area contributed by atoms with E-state index in [0.29, 0.717) is 12.5 Å². The van der Waals surface area contributed by atoms with Gasteiger partial charge in [-0.2, -0.15) is 0 Å². The van der Waals surface area contributed by atoms with E-state index in [9.17, 15) is 4.79 Å². The van der Waals surface area contributed by atoms with Gasteiger partial charge < -0.3 is 11.1 Å². The largest absolute Gasteiger partial charge is 0.370 e. The summed E-state index contributed by atoms with van der Waals surface area (Å²) in [7, 11) is 0. The summed E-state index contributed by atoms with van der Waals surface area (Å²) in [6.45, 7) is 1.07. The average Bonchev–Trinajstić information content (AvgIpc) is 2.34. The Kier molecular flexibility index (Phi) is 2.68. The van der Waals surface area contributed by atoms with Gasteiger partial charge >= 0.3 is 0 Å². The second-order valence-electron chi connectivity index (χ2n) is 2.61. The zero-order valence-corrected chi connectivity index (χ0v) is 5.97. The third kappa shape index (κ3) is 2.35. The lowest BCUT2D eigenvalue weighted by molar-refractivity contribution is -0.117. The maximum absolute atomic E-state index is 10.3. The van der Waals surface area contributed by atoms with Gasteiger partial charge in [-0.05, 0) is 25.8 Å². The van der Waals surface area contributed by atoms with Crippen LogP contribution < -0.4 is 11.1 Å². The van der Waals surface area contributed by atoms with Crippen LogP contribution in [0.5, 0.6) is 0 Å². The molecule has 1 amide bonds. The van der Waals surface area contributed by atoms with Crippen molar-refractivity contribution >= 4 is 5.91 Å². The van der Waals surface area contributed by atoms with Crippen LogP contribution in [0.4, 0.5) is 0 Å². The Morgan fingerprint density at radius 1 is 1.80 bits per heavy atom. The van der Waals surface area contributed by atoms with Crippen molar-refractivity contribution < 1.29 is 4.79 Å². The first-order valence-corrected chi connectivity index (χ1v) is 3.64. The van der Waals surface area contributed by atoms with Gasteiger partial charge in [0.05, 0.1) is 0 Å². The number of rotatable bonds is 3. The SMILES string of the molecule is NC(=O)C[CH]C1CCCN1. The highest BCUT2D eigenvalue weighted by molar-refractivity contribution is 5.74. The van der Waals surface area contributed by atoms with Gasteiger partial charge in [-0.1, -0.05) is 0 Å². The molecule has 1 heterocycles. The second-order valence-corrected chi connectivity index (χ2v) is 2.61. The molecule has 3 N–H and O–H groups in total. The zero-order chi connectivity index (χ0) is 7.40. The fourth-order valence-corrected chi connectivity index (χ4v) is 1.17. The number of primary amides is 1. The van der Waals surface area contributed by atoms with Crippen molar-refractivity contribution in [1.82, 2.24) is 5.32 Å². The molecule has 10 heavy (non-hydrogen) atoms. The summed E-state index contributed by atoms with van der Waals surface area (Å²) in [4.78, 5) is 10.3. The van der Waals surface area contributed by atoms with Crippen LogP contribution in [0.1, 0.15) is 19.3 Å². The Balaban J connectivity index is 2.07. The maximum Gasteiger partial charge on any atom is 0.217 e. The van der Waals surface area contributed by atoms with Crippen LogP contribution >= 0.6 is 0 Å². The molecule has 1 saturated heterocycles. The lowest BCUT2D eigenvalue weighted by Gasteiger charge is -2.05. The van der Waals surface area contributed by atoms with Gasteiger partial charge in [-0.25, -0.2) is 0 Å². The van der Waals surface area contributed by atoms with Gasteiger partial charge in [-0.3, -0.25) is 4.79 Å². The van der Waals surface area contributed by atoms with E-state index in [0.717, 1.165) is 13.0 Å². The molecule has 3 heteroatoms. The van der Waals surface area contributed by atoms with E-state index in [1.807, 2.05) is 6.42 Å². The molecule has 1 rings (SSSR count). The van der Waals surface area contributed by atoms with Crippen molar-refractivity contribution in [3.05, 3.63) is 6.42 Å². The molecule has 0 aromatic heterocycles. The van der Waals surface area contributed by atoms with Crippen molar-refractivity contribution in [2.75, 3.05) is 6.54 Å². The highest BCUT2D eigenvalue weighted by atomic mass is 16.1. The van der Waals surface area contributed by atoms with Gasteiger partial charge in [0.15, 0.2) is 0 Å². The van der Waals surface area contributed by atoms with E-state index in [1.165, 1.54) is 6.42 Å². The van der Waals surface area contributed by atoms with Crippen LogP contribution in [0.25, 0.3) is 0 Å². The fraction of sp³-hybridized carbons (Fsp3) is 0.714. The Morgan fingerprint density at radius 3 is 3.10 bits per heavy atom. The van der Waals surface area contributed by atoms with Crippen LogP contribution in [0.3, 0.4) is 0 Å². The molecule has 1 radical (unpaired) electrons. The van der Waals surface area contributed by atoms with Gasteiger partial charge in [0.2, 0.25) is 5.91 Å². The summed E-state index contributed by atoms with van der Waals surface area (Å²) in [6, 6.07) is 0.424. The second kappa shape index (κ2) is 3.56. The van der Waals surface area contributed by atoms with Crippen molar-refractivity contribution in [2.24, 2.45) is 5.73 Å². The monoisotopic (exact) mass is 141 g/mol. The molecule has 1 atom stereocenters. The topological polar surface area (TPSA) is 55.1 Å². The minimum atomic E-state index is -0.242. The molecule has 0 aromatic rings. The lowest BCUT2D eigenvalue weighted by Crippen LogP contribution is -2.24. The molecular formula is C7H13N2O. The first kappa shape index (κ1) is 7.54. The standard InChI is InChI=1S/C7H13N2O/c8-7(10)4-3-6-2-1-5-9-6/h3,6,9H,1-2,4-5H2,(H2,8,10). The molecular weight excluding hydrogens is 128 g/mol. The summed E-state index contributed by atoms with van der Waals surface area (Å²) in [5.74, 6) is -0.242. The number of nitrogens with two attached hydrogens (primary N) is 1. The number of nitrogens with one attached hydrogen (secondary N) is 1. The van der Waals surface area contributed by atoms with Crippen LogP contribution in [-0.4, -0.2) is 18.5 Å². The van der Waals surface area contributed by atoms with Gasteiger partial charge in [-0.15, -0.1) is 0 Å². The Morgan fingerprint density at radius 2 is 2.60 bits per heavy atom. The van der Waals surface area contributed by atoms with Gasteiger partial charge in [0, 0.05) is 12.5 Å². The van der Waals surface area contributed by atoms with Crippen LogP contribution in [0.2, 0.25) is 0 Å². The Bertz CT molecular complexity index is 119. The highest BCUT2D eigenvalue weighted by Gasteiger charge is 2.14. The summed E-state index contributed by atoms with van der Waals surface area (Å²) in [5, 5.41) is 3.25. The molecule has 0 saturated carbocycles. The number of hydrogen-bond donors (Lipinski definition) is 2.